The standard InChI is InChI=1S/C22H26ClN3O2S/c1-13-11-16(14(2)25-29(28)22(3,4)5)19-17(12-13)21(27)26(6)20(24-19)15-9-7-8-10-18(15)23/h7-12,14,25H,1-6H3/t14-,29-/m1/s1. The Morgan fingerprint density at radius 2 is 1.86 bits per heavy atom. The van der Waals surface area contributed by atoms with E-state index in [1.807, 2.05) is 65.0 Å². The van der Waals surface area contributed by atoms with Gasteiger partial charge in [0.25, 0.3) is 5.56 Å². The first-order chi connectivity index (χ1) is 13.5. The topological polar surface area (TPSA) is 64.0 Å². The number of hydrogen-bond acceptors (Lipinski definition) is 3. The summed E-state index contributed by atoms with van der Waals surface area (Å²) < 4.78 is 16.9. The van der Waals surface area contributed by atoms with E-state index in [-0.39, 0.29) is 11.6 Å². The Kier molecular flexibility index (Phi) is 5.99. The van der Waals surface area contributed by atoms with E-state index >= 15 is 0 Å². The molecule has 0 aliphatic rings. The van der Waals surface area contributed by atoms with Crippen LogP contribution >= 0.6 is 11.6 Å². The number of fused-ring (bicyclic) bond motifs is 1. The lowest BCUT2D eigenvalue weighted by Crippen LogP contribution is -2.35. The fraction of sp³-hybridized carbons (Fsp3) is 0.364. The van der Waals surface area contributed by atoms with Crippen molar-refractivity contribution in [3.63, 3.8) is 0 Å². The van der Waals surface area contributed by atoms with E-state index in [0.717, 1.165) is 11.1 Å². The number of nitrogens with one attached hydrogen (secondary N) is 1. The molecule has 0 unspecified atom stereocenters. The van der Waals surface area contributed by atoms with Gasteiger partial charge in [-0.1, -0.05) is 29.8 Å². The smallest absolute Gasteiger partial charge is 0.261 e. The summed E-state index contributed by atoms with van der Waals surface area (Å²) in [7, 11) is 0.446. The molecule has 0 saturated heterocycles. The molecule has 7 heteroatoms. The van der Waals surface area contributed by atoms with Gasteiger partial charge in [0, 0.05) is 18.7 Å². The van der Waals surface area contributed by atoms with Gasteiger partial charge in [0.1, 0.15) is 5.82 Å². The van der Waals surface area contributed by atoms with Crippen molar-refractivity contribution in [2.24, 2.45) is 7.05 Å². The van der Waals surface area contributed by atoms with E-state index in [2.05, 4.69) is 4.72 Å². The molecule has 0 saturated carbocycles. The predicted molar refractivity (Wildman–Crippen MR) is 122 cm³/mol. The lowest BCUT2D eigenvalue weighted by molar-refractivity contribution is 0.617. The minimum absolute atomic E-state index is 0.140. The minimum Gasteiger partial charge on any atom is -0.295 e. The van der Waals surface area contributed by atoms with E-state index in [4.69, 9.17) is 16.6 Å². The fourth-order valence-electron chi connectivity index (χ4n) is 3.17. The maximum Gasteiger partial charge on any atom is 0.261 e. The van der Waals surface area contributed by atoms with Crippen molar-refractivity contribution < 1.29 is 4.21 Å². The normalized spacial score (nSPS) is 14.2. The summed E-state index contributed by atoms with van der Waals surface area (Å²) in [5, 5.41) is 1.07. The third-order valence-corrected chi connectivity index (χ3v) is 6.79. The molecule has 1 aromatic heterocycles. The monoisotopic (exact) mass is 431 g/mol. The van der Waals surface area contributed by atoms with Crippen LogP contribution in [0.15, 0.2) is 41.2 Å². The highest BCUT2D eigenvalue weighted by molar-refractivity contribution is 7.84. The molecule has 0 amide bonds. The summed E-state index contributed by atoms with van der Waals surface area (Å²) in [6, 6.07) is 10.9. The molecule has 1 N–H and O–H groups in total. The van der Waals surface area contributed by atoms with Crippen LogP contribution in [0.2, 0.25) is 5.02 Å². The van der Waals surface area contributed by atoms with Crippen molar-refractivity contribution in [2.75, 3.05) is 0 Å². The van der Waals surface area contributed by atoms with Crippen molar-refractivity contribution in [1.82, 2.24) is 14.3 Å². The molecule has 0 aliphatic carbocycles. The summed E-state index contributed by atoms with van der Waals surface area (Å²) >= 11 is 6.37. The molecule has 1 heterocycles. The lowest BCUT2D eigenvalue weighted by Gasteiger charge is -2.23. The van der Waals surface area contributed by atoms with Gasteiger partial charge in [0.2, 0.25) is 0 Å². The number of halogens is 1. The average molecular weight is 432 g/mol. The van der Waals surface area contributed by atoms with Crippen LogP contribution in [0.4, 0.5) is 0 Å². The van der Waals surface area contributed by atoms with Crippen LogP contribution in [0, 0.1) is 6.92 Å². The first-order valence-corrected chi connectivity index (χ1v) is 11.0. The SMILES string of the molecule is Cc1cc([C@@H](C)N[S@](=O)C(C)(C)C)c2nc(-c3ccccc3Cl)n(C)c(=O)c2c1. The van der Waals surface area contributed by atoms with E-state index in [0.29, 0.717) is 27.3 Å². The van der Waals surface area contributed by atoms with Crippen molar-refractivity contribution in [3.8, 4) is 11.4 Å². The Labute approximate surface area is 178 Å². The highest BCUT2D eigenvalue weighted by Gasteiger charge is 2.24. The highest BCUT2D eigenvalue weighted by atomic mass is 35.5. The zero-order valence-electron chi connectivity index (χ0n) is 17.5. The number of hydrogen-bond donors (Lipinski definition) is 1. The Bertz CT molecular complexity index is 1170. The Morgan fingerprint density at radius 1 is 1.21 bits per heavy atom. The van der Waals surface area contributed by atoms with Gasteiger partial charge in [-0.2, -0.15) is 0 Å². The molecule has 0 fully saturated rings. The maximum absolute atomic E-state index is 13.1. The lowest BCUT2D eigenvalue weighted by atomic mass is 10.0. The van der Waals surface area contributed by atoms with Crippen LogP contribution in [-0.4, -0.2) is 18.5 Å². The molecule has 29 heavy (non-hydrogen) atoms. The number of nitrogens with zero attached hydrogens (tertiary/aromatic N) is 2. The van der Waals surface area contributed by atoms with Crippen molar-refractivity contribution in [1.29, 1.82) is 0 Å². The molecule has 2 aromatic carbocycles. The first-order valence-electron chi connectivity index (χ1n) is 9.45. The number of aryl methyl sites for hydroxylation is 1. The third kappa shape index (κ3) is 4.29. The van der Waals surface area contributed by atoms with E-state index in [1.165, 1.54) is 4.57 Å². The largest absolute Gasteiger partial charge is 0.295 e. The van der Waals surface area contributed by atoms with E-state index < -0.39 is 15.7 Å². The van der Waals surface area contributed by atoms with Gasteiger partial charge in [-0.15, -0.1) is 0 Å². The molecule has 3 rings (SSSR count). The summed E-state index contributed by atoms with van der Waals surface area (Å²) in [6.07, 6.45) is 0. The molecular formula is C22H26ClN3O2S. The minimum atomic E-state index is -1.25. The fourth-order valence-corrected chi connectivity index (χ4v) is 4.19. The van der Waals surface area contributed by atoms with Crippen molar-refractivity contribution >= 4 is 33.5 Å². The average Bonchev–Trinajstić information content (AvgIpc) is 2.64. The van der Waals surface area contributed by atoms with Crippen molar-refractivity contribution in [3.05, 3.63) is 62.9 Å². The third-order valence-electron chi connectivity index (χ3n) is 4.78. The van der Waals surface area contributed by atoms with Gasteiger partial charge in [-0.25, -0.2) is 13.9 Å². The molecule has 0 spiro atoms. The van der Waals surface area contributed by atoms with E-state index in [1.54, 1.807) is 13.1 Å². The molecule has 154 valence electrons. The van der Waals surface area contributed by atoms with Crippen LogP contribution in [0.3, 0.4) is 0 Å². The molecule has 5 nitrogen and oxygen atoms in total. The molecule has 2 atom stereocenters. The molecular weight excluding hydrogens is 406 g/mol. The van der Waals surface area contributed by atoms with Gasteiger partial charge in [-0.05, 0) is 63.9 Å². The summed E-state index contributed by atoms with van der Waals surface area (Å²) in [6.45, 7) is 9.63. The molecule has 3 aromatic rings. The van der Waals surface area contributed by atoms with Crippen LogP contribution < -0.4 is 10.3 Å². The van der Waals surface area contributed by atoms with Crippen LogP contribution in [0.25, 0.3) is 22.3 Å². The second-order valence-corrected chi connectivity index (χ2v) is 10.7. The molecule has 0 aliphatic heterocycles. The number of aromatic nitrogens is 2. The Hall–Kier alpha value is -2.02. The van der Waals surface area contributed by atoms with Gasteiger partial charge in [0.15, 0.2) is 0 Å². The molecule has 0 bridgehead atoms. The Balaban J connectivity index is 2.25. The quantitative estimate of drug-likeness (QED) is 0.652. The van der Waals surface area contributed by atoms with Gasteiger partial charge in [-0.3, -0.25) is 9.36 Å². The van der Waals surface area contributed by atoms with Crippen LogP contribution in [0.5, 0.6) is 0 Å². The van der Waals surface area contributed by atoms with Crippen LogP contribution in [0.1, 0.15) is 44.9 Å². The first kappa shape index (κ1) is 21.7. The summed E-state index contributed by atoms with van der Waals surface area (Å²) in [4.78, 5) is 18.0. The second-order valence-electron chi connectivity index (χ2n) is 8.25. The van der Waals surface area contributed by atoms with E-state index in [9.17, 15) is 9.00 Å². The zero-order chi connectivity index (χ0) is 21.5. The molecule has 0 radical (unpaired) electrons. The summed E-state index contributed by atoms with van der Waals surface area (Å²) in [5.41, 5.74) is 2.94. The number of rotatable bonds is 4. The maximum atomic E-state index is 13.1. The second kappa shape index (κ2) is 8.01. The van der Waals surface area contributed by atoms with Gasteiger partial charge in [0.05, 0.1) is 31.7 Å². The predicted octanol–water partition coefficient (Wildman–Crippen LogP) is 4.68. The van der Waals surface area contributed by atoms with Crippen LogP contribution in [-0.2, 0) is 18.0 Å². The van der Waals surface area contributed by atoms with Gasteiger partial charge >= 0.3 is 0 Å². The zero-order valence-corrected chi connectivity index (χ0v) is 19.1. The van der Waals surface area contributed by atoms with Gasteiger partial charge < -0.3 is 0 Å². The Morgan fingerprint density at radius 3 is 2.48 bits per heavy atom. The number of benzene rings is 2. The summed E-state index contributed by atoms with van der Waals surface area (Å²) in [5.74, 6) is 0.502. The van der Waals surface area contributed by atoms with Crippen molar-refractivity contribution in [2.45, 2.75) is 45.4 Å². The highest BCUT2D eigenvalue weighted by Crippen LogP contribution is 2.29.